The Morgan fingerprint density at radius 3 is 2.28 bits per heavy atom. The van der Waals surface area contributed by atoms with Gasteiger partial charge in [0.05, 0.1) is 10.5 Å². The standard InChI is InChI=1S/C18H17NO6/c1-11(13-7-4-3-5-8-13)12(2)25-18(22)16-14(17(20)21)9-6-10-15(16)19(23)24/h3-12H,1-2H3,(H,20,21). The van der Waals surface area contributed by atoms with Crippen LogP contribution in [0.1, 0.15) is 46.0 Å². The van der Waals surface area contributed by atoms with Gasteiger partial charge in [-0.3, -0.25) is 10.1 Å². The quantitative estimate of drug-likeness (QED) is 0.487. The van der Waals surface area contributed by atoms with Crippen molar-refractivity contribution < 1.29 is 24.4 Å². The zero-order valence-corrected chi connectivity index (χ0v) is 13.7. The van der Waals surface area contributed by atoms with Crippen LogP contribution in [0, 0.1) is 10.1 Å². The van der Waals surface area contributed by atoms with Crippen LogP contribution in [0.2, 0.25) is 0 Å². The van der Waals surface area contributed by atoms with Gasteiger partial charge in [0.15, 0.2) is 5.56 Å². The van der Waals surface area contributed by atoms with Gasteiger partial charge in [0.25, 0.3) is 5.69 Å². The minimum atomic E-state index is -1.43. The molecule has 0 aromatic heterocycles. The Morgan fingerprint density at radius 1 is 1.08 bits per heavy atom. The molecule has 2 rings (SSSR count). The number of carbonyl (C=O) groups excluding carboxylic acids is 1. The molecule has 2 unspecified atom stereocenters. The minimum absolute atomic E-state index is 0.166. The molecule has 0 saturated carbocycles. The van der Waals surface area contributed by atoms with Crippen molar-refractivity contribution >= 4 is 17.6 Å². The van der Waals surface area contributed by atoms with E-state index in [0.717, 1.165) is 17.7 Å². The molecule has 0 aliphatic heterocycles. The van der Waals surface area contributed by atoms with E-state index in [1.807, 2.05) is 37.3 Å². The van der Waals surface area contributed by atoms with Crippen molar-refractivity contribution in [2.45, 2.75) is 25.9 Å². The number of carboxylic acid groups (broad SMARTS) is 1. The molecule has 2 aromatic rings. The summed E-state index contributed by atoms with van der Waals surface area (Å²) in [6, 6.07) is 12.8. The number of nitro benzene ring substituents is 1. The Labute approximate surface area is 144 Å². The van der Waals surface area contributed by atoms with Crippen LogP contribution in [0.25, 0.3) is 0 Å². The first-order valence-electron chi connectivity index (χ1n) is 7.59. The molecule has 0 aliphatic rings. The lowest BCUT2D eigenvalue weighted by atomic mass is 9.96. The van der Waals surface area contributed by atoms with Gasteiger partial charge in [-0.1, -0.05) is 43.3 Å². The molecule has 0 amide bonds. The fraction of sp³-hybridized carbons (Fsp3) is 0.222. The monoisotopic (exact) mass is 343 g/mol. The second-order valence-electron chi connectivity index (χ2n) is 5.57. The Bertz CT molecular complexity index is 770. The largest absolute Gasteiger partial charge is 0.478 e. The SMILES string of the molecule is CC(OC(=O)c1c(C(=O)O)cccc1[N+](=O)[O-])C(C)c1ccccc1. The molecule has 0 saturated heterocycles. The van der Waals surface area contributed by atoms with Crippen LogP contribution >= 0.6 is 0 Å². The lowest BCUT2D eigenvalue weighted by molar-refractivity contribution is -0.385. The molecule has 0 bridgehead atoms. The Balaban J connectivity index is 2.32. The van der Waals surface area contributed by atoms with Crippen molar-refractivity contribution in [1.82, 2.24) is 0 Å². The fourth-order valence-corrected chi connectivity index (χ4v) is 2.44. The van der Waals surface area contributed by atoms with Crippen molar-refractivity contribution in [3.8, 4) is 0 Å². The van der Waals surface area contributed by atoms with Crippen LogP contribution in [0.4, 0.5) is 5.69 Å². The van der Waals surface area contributed by atoms with Gasteiger partial charge in [-0.25, -0.2) is 9.59 Å². The molecule has 0 heterocycles. The summed E-state index contributed by atoms with van der Waals surface area (Å²) in [5.41, 5.74) is -0.667. The van der Waals surface area contributed by atoms with E-state index < -0.39 is 39.8 Å². The molecule has 2 atom stereocenters. The van der Waals surface area contributed by atoms with Gasteiger partial charge in [-0.2, -0.15) is 0 Å². The predicted molar refractivity (Wildman–Crippen MR) is 89.8 cm³/mol. The number of esters is 1. The topological polar surface area (TPSA) is 107 Å². The molecule has 0 radical (unpaired) electrons. The Morgan fingerprint density at radius 2 is 1.72 bits per heavy atom. The molecular weight excluding hydrogens is 326 g/mol. The summed E-state index contributed by atoms with van der Waals surface area (Å²) in [7, 11) is 0. The Hall–Kier alpha value is -3.22. The zero-order chi connectivity index (χ0) is 18.6. The van der Waals surface area contributed by atoms with Crippen molar-refractivity contribution in [1.29, 1.82) is 0 Å². The minimum Gasteiger partial charge on any atom is -0.478 e. The average Bonchev–Trinajstić information content (AvgIpc) is 2.60. The van der Waals surface area contributed by atoms with E-state index >= 15 is 0 Å². The molecule has 7 nitrogen and oxygen atoms in total. The third-order valence-electron chi connectivity index (χ3n) is 4.00. The van der Waals surface area contributed by atoms with Gasteiger partial charge in [-0.15, -0.1) is 0 Å². The molecule has 7 heteroatoms. The molecule has 25 heavy (non-hydrogen) atoms. The van der Waals surface area contributed by atoms with Crippen LogP contribution in [0.5, 0.6) is 0 Å². The maximum atomic E-state index is 12.5. The van der Waals surface area contributed by atoms with Gasteiger partial charge in [-0.05, 0) is 18.6 Å². The summed E-state index contributed by atoms with van der Waals surface area (Å²) in [5, 5.41) is 20.4. The van der Waals surface area contributed by atoms with E-state index in [2.05, 4.69) is 0 Å². The third-order valence-corrected chi connectivity index (χ3v) is 4.00. The summed E-state index contributed by atoms with van der Waals surface area (Å²) < 4.78 is 5.33. The fourth-order valence-electron chi connectivity index (χ4n) is 2.44. The van der Waals surface area contributed by atoms with Gasteiger partial charge >= 0.3 is 11.9 Å². The van der Waals surface area contributed by atoms with Crippen molar-refractivity contribution in [2.24, 2.45) is 0 Å². The molecule has 1 N–H and O–H groups in total. The molecule has 130 valence electrons. The molecule has 2 aromatic carbocycles. The van der Waals surface area contributed by atoms with Crippen molar-refractivity contribution in [2.75, 3.05) is 0 Å². The highest BCUT2D eigenvalue weighted by molar-refractivity contribution is 6.05. The van der Waals surface area contributed by atoms with E-state index in [9.17, 15) is 24.8 Å². The summed E-state index contributed by atoms with van der Waals surface area (Å²) >= 11 is 0. The van der Waals surface area contributed by atoms with E-state index in [0.29, 0.717) is 0 Å². The van der Waals surface area contributed by atoms with Gasteiger partial charge in [0.1, 0.15) is 6.10 Å². The second-order valence-corrected chi connectivity index (χ2v) is 5.57. The van der Waals surface area contributed by atoms with E-state index in [1.165, 1.54) is 6.07 Å². The number of ether oxygens (including phenoxy) is 1. The zero-order valence-electron chi connectivity index (χ0n) is 13.7. The van der Waals surface area contributed by atoms with Gasteiger partial charge < -0.3 is 9.84 Å². The number of nitrogens with zero attached hydrogens (tertiary/aromatic N) is 1. The number of aromatic carboxylic acids is 1. The highest BCUT2D eigenvalue weighted by Crippen LogP contribution is 2.27. The third kappa shape index (κ3) is 4.00. The first kappa shape index (κ1) is 18.1. The second kappa shape index (κ2) is 7.57. The smallest absolute Gasteiger partial charge is 0.346 e. The first-order chi connectivity index (χ1) is 11.8. The number of benzene rings is 2. The first-order valence-corrected chi connectivity index (χ1v) is 7.59. The van der Waals surface area contributed by atoms with Crippen molar-refractivity contribution in [3.63, 3.8) is 0 Å². The van der Waals surface area contributed by atoms with Crippen molar-refractivity contribution in [3.05, 3.63) is 75.3 Å². The van der Waals surface area contributed by atoms with Crippen LogP contribution in [-0.4, -0.2) is 28.1 Å². The maximum Gasteiger partial charge on any atom is 0.346 e. The average molecular weight is 343 g/mol. The lowest BCUT2D eigenvalue weighted by Gasteiger charge is -2.21. The van der Waals surface area contributed by atoms with Crippen LogP contribution in [0.15, 0.2) is 48.5 Å². The highest BCUT2D eigenvalue weighted by atomic mass is 16.6. The van der Waals surface area contributed by atoms with Crippen LogP contribution in [-0.2, 0) is 4.74 Å². The van der Waals surface area contributed by atoms with Gasteiger partial charge in [0, 0.05) is 12.0 Å². The van der Waals surface area contributed by atoms with Crippen LogP contribution < -0.4 is 0 Å². The molecule has 0 spiro atoms. The van der Waals surface area contributed by atoms with E-state index in [-0.39, 0.29) is 5.92 Å². The number of carbonyl (C=O) groups is 2. The number of hydrogen-bond donors (Lipinski definition) is 1. The number of nitro groups is 1. The number of carboxylic acids is 1. The Kier molecular flexibility index (Phi) is 5.49. The predicted octanol–water partition coefficient (Wildman–Crippen LogP) is 3.64. The molecule has 0 fully saturated rings. The summed E-state index contributed by atoms with van der Waals surface area (Å²) in [4.78, 5) is 34.1. The normalized spacial score (nSPS) is 12.9. The summed E-state index contributed by atoms with van der Waals surface area (Å²) in [6.07, 6.45) is -0.601. The van der Waals surface area contributed by atoms with Gasteiger partial charge in [0.2, 0.25) is 0 Å². The molecule has 0 aliphatic carbocycles. The lowest BCUT2D eigenvalue weighted by Crippen LogP contribution is -2.23. The maximum absolute atomic E-state index is 12.5. The van der Waals surface area contributed by atoms with E-state index in [1.54, 1.807) is 6.92 Å². The van der Waals surface area contributed by atoms with Crippen LogP contribution in [0.3, 0.4) is 0 Å². The number of hydrogen-bond acceptors (Lipinski definition) is 5. The number of rotatable bonds is 6. The summed E-state index contributed by atoms with van der Waals surface area (Å²) in [5.74, 6) is -2.62. The molecular formula is C18H17NO6. The van der Waals surface area contributed by atoms with E-state index in [4.69, 9.17) is 4.74 Å². The highest BCUT2D eigenvalue weighted by Gasteiger charge is 2.30. The summed E-state index contributed by atoms with van der Waals surface area (Å²) in [6.45, 7) is 3.51.